The van der Waals surface area contributed by atoms with E-state index >= 15 is 0 Å². The van der Waals surface area contributed by atoms with E-state index in [-0.39, 0.29) is 11.1 Å². The van der Waals surface area contributed by atoms with Gasteiger partial charge in [0, 0.05) is 11.1 Å². The minimum atomic E-state index is -0.154. The summed E-state index contributed by atoms with van der Waals surface area (Å²) in [5.74, 6) is 0.441. The van der Waals surface area contributed by atoms with Gasteiger partial charge in [-0.1, -0.05) is 13.8 Å². The predicted octanol–water partition coefficient (Wildman–Crippen LogP) is 2.62. The molecule has 0 aliphatic carbocycles. The third-order valence-electron chi connectivity index (χ3n) is 3.50. The first kappa shape index (κ1) is 10.0. The molecule has 0 spiro atoms. The molecular formula is C10H20NO. The van der Waals surface area contributed by atoms with Crippen molar-refractivity contribution >= 4 is 0 Å². The zero-order valence-corrected chi connectivity index (χ0v) is 8.85. The predicted molar refractivity (Wildman–Crippen MR) is 49.1 cm³/mol. The molecule has 1 atom stereocenters. The lowest BCUT2D eigenvalue weighted by atomic mass is 9.87. The first-order valence-electron chi connectivity index (χ1n) is 4.78. The van der Waals surface area contributed by atoms with Gasteiger partial charge in [0.05, 0.1) is 0 Å². The van der Waals surface area contributed by atoms with Gasteiger partial charge in [0.25, 0.3) is 0 Å². The largest absolute Gasteiger partial charge is 0.143 e. The monoisotopic (exact) mass is 170 g/mol. The Morgan fingerprint density at radius 1 is 1.17 bits per heavy atom. The molecule has 1 saturated heterocycles. The van der Waals surface area contributed by atoms with Crippen LogP contribution < -0.4 is 0 Å². The van der Waals surface area contributed by atoms with E-state index in [2.05, 4.69) is 20.8 Å². The van der Waals surface area contributed by atoms with Crippen LogP contribution in [-0.2, 0) is 5.21 Å². The van der Waals surface area contributed by atoms with Crippen LogP contribution in [0, 0.1) is 5.92 Å². The normalized spacial score (nSPS) is 36.2. The molecule has 1 rings (SSSR count). The van der Waals surface area contributed by atoms with E-state index in [0.29, 0.717) is 5.92 Å². The number of hydroxylamine groups is 2. The highest BCUT2D eigenvalue weighted by atomic mass is 16.5. The first-order valence-corrected chi connectivity index (χ1v) is 4.78. The molecule has 2 heteroatoms. The topological polar surface area (TPSA) is 23.1 Å². The third-order valence-corrected chi connectivity index (χ3v) is 3.50. The Morgan fingerprint density at radius 3 is 1.83 bits per heavy atom. The van der Waals surface area contributed by atoms with Crippen molar-refractivity contribution in [3.05, 3.63) is 0 Å². The first-order chi connectivity index (χ1) is 5.31. The summed E-state index contributed by atoms with van der Waals surface area (Å²) in [5.41, 5.74) is -0.289. The van der Waals surface area contributed by atoms with Gasteiger partial charge in [0.15, 0.2) is 0 Å². The number of nitrogens with zero attached hydrogens (tertiary/aromatic N) is 1. The second-order valence-electron chi connectivity index (χ2n) is 5.12. The number of hydrogen-bond donors (Lipinski definition) is 0. The van der Waals surface area contributed by atoms with Crippen molar-refractivity contribution < 1.29 is 5.21 Å². The quantitative estimate of drug-likeness (QED) is 0.593. The summed E-state index contributed by atoms with van der Waals surface area (Å²) in [6, 6.07) is 0. The highest BCUT2D eigenvalue weighted by Crippen LogP contribution is 2.43. The molecule has 1 aliphatic heterocycles. The van der Waals surface area contributed by atoms with Crippen LogP contribution in [0.2, 0.25) is 0 Å². The van der Waals surface area contributed by atoms with Gasteiger partial charge in [0.2, 0.25) is 0 Å². The van der Waals surface area contributed by atoms with Gasteiger partial charge in [-0.05, 0) is 39.5 Å². The van der Waals surface area contributed by atoms with Gasteiger partial charge in [-0.25, -0.2) is 0 Å². The zero-order chi connectivity index (χ0) is 9.57. The fourth-order valence-electron chi connectivity index (χ4n) is 1.98. The lowest BCUT2D eigenvalue weighted by molar-refractivity contribution is -0.258. The minimum Gasteiger partial charge on any atom is -0.143 e. The second-order valence-corrected chi connectivity index (χ2v) is 5.12. The van der Waals surface area contributed by atoms with Gasteiger partial charge in [-0.2, -0.15) is 0 Å². The van der Waals surface area contributed by atoms with Crippen molar-refractivity contribution in [2.45, 2.75) is 58.5 Å². The number of hydrogen-bond acceptors (Lipinski definition) is 1. The maximum Gasteiger partial charge on any atom is 0.0495 e. The van der Waals surface area contributed by atoms with E-state index in [9.17, 15) is 5.21 Å². The SMILES string of the molecule is CC(C)C1(C)CCC(C)(C)N1[O]. The van der Waals surface area contributed by atoms with Crippen molar-refractivity contribution in [1.29, 1.82) is 0 Å². The minimum absolute atomic E-state index is 0.135. The Balaban J connectivity index is 2.85. The molecule has 1 unspecified atom stereocenters. The van der Waals surface area contributed by atoms with E-state index in [1.807, 2.05) is 13.8 Å². The molecule has 0 bridgehead atoms. The van der Waals surface area contributed by atoms with Crippen LogP contribution in [-0.4, -0.2) is 16.1 Å². The fourth-order valence-corrected chi connectivity index (χ4v) is 1.98. The van der Waals surface area contributed by atoms with Crippen molar-refractivity contribution in [3.63, 3.8) is 0 Å². The third kappa shape index (κ3) is 1.27. The summed E-state index contributed by atoms with van der Waals surface area (Å²) in [7, 11) is 0. The molecule has 1 aliphatic rings. The molecular weight excluding hydrogens is 150 g/mol. The molecule has 2 nitrogen and oxygen atoms in total. The summed E-state index contributed by atoms with van der Waals surface area (Å²) in [6.07, 6.45) is 2.05. The Morgan fingerprint density at radius 2 is 1.67 bits per heavy atom. The summed E-state index contributed by atoms with van der Waals surface area (Å²) < 4.78 is 0. The van der Waals surface area contributed by atoms with Crippen molar-refractivity contribution in [1.82, 2.24) is 5.06 Å². The highest BCUT2D eigenvalue weighted by Gasteiger charge is 2.49. The van der Waals surface area contributed by atoms with Gasteiger partial charge in [-0.15, -0.1) is 10.3 Å². The van der Waals surface area contributed by atoms with Gasteiger partial charge in [-0.3, -0.25) is 0 Å². The maximum atomic E-state index is 11.9. The van der Waals surface area contributed by atoms with Gasteiger partial charge < -0.3 is 0 Å². The van der Waals surface area contributed by atoms with E-state index < -0.39 is 0 Å². The average molecular weight is 170 g/mol. The fraction of sp³-hybridized carbons (Fsp3) is 1.00. The van der Waals surface area contributed by atoms with Crippen LogP contribution in [0.1, 0.15) is 47.5 Å². The van der Waals surface area contributed by atoms with Crippen LogP contribution in [0.25, 0.3) is 0 Å². The molecule has 1 heterocycles. The molecule has 12 heavy (non-hydrogen) atoms. The van der Waals surface area contributed by atoms with Crippen LogP contribution in [0.4, 0.5) is 0 Å². The van der Waals surface area contributed by atoms with E-state index in [1.165, 1.54) is 5.06 Å². The summed E-state index contributed by atoms with van der Waals surface area (Å²) in [4.78, 5) is 0. The van der Waals surface area contributed by atoms with Crippen LogP contribution >= 0.6 is 0 Å². The average Bonchev–Trinajstić information content (AvgIpc) is 2.15. The summed E-state index contributed by atoms with van der Waals surface area (Å²) in [5, 5.41) is 13.2. The molecule has 71 valence electrons. The maximum absolute atomic E-state index is 11.9. The van der Waals surface area contributed by atoms with Crippen LogP contribution in [0.3, 0.4) is 0 Å². The van der Waals surface area contributed by atoms with Gasteiger partial charge >= 0.3 is 0 Å². The van der Waals surface area contributed by atoms with E-state index in [4.69, 9.17) is 0 Å². The van der Waals surface area contributed by atoms with Crippen molar-refractivity contribution in [2.24, 2.45) is 5.92 Å². The highest BCUT2D eigenvalue weighted by molar-refractivity contribution is 4.99. The molecule has 0 aromatic carbocycles. The van der Waals surface area contributed by atoms with Crippen molar-refractivity contribution in [2.75, 3.05) is 0 Å². The lowest BCUT2D eigenvalue weighted by Gasteiger charge is -2.37. The van der Waals surface area contributed by atoms with Crippen molar-refractivity contribution in [3.8, 4) is 0 Å². The Labute approximate surface area is 75.5 Å². The molecule has 0 saturated carbocycles. The van der Waals surface area contributed by atoms with Crippen LogP contribution in [0.15, 0.2) is 0 Å². The van der Waals surface area contributed by atoms with E-state index in [0.717, 1.165) is 12.8 Å². The Hall–Kier alpha value is -0.0800. The molecule has 0 amide bonds. The van der Waals surface area contributed by atoms with E-state index in [1.54, 1.807) is 0 Å². The molecule has 0 aromatic rings. The Bertz CT molecular complexity index is 177. The van der Waals surface area contributed by atoms with Crippen LogP contribution in [0.5, 0.6) is 0 Å². The lowest BCUT2D eigenvalue weighted by Crippen LogP contribution is -2.49. The number of rotatable bonds is 1. The molecule has 0 aromatic heterocycles. The smallest absolute Gasteiger partial charge is 0.0495 e. The molecule has 1 fully saturated rings. The zero-order valence-electron chi connectivity index (χ0n) is 8.85. The summed E-state index contributed by atoms with van der Waals surface area (Å²) >= 11 is 0. The van der Waals surface area contributed by atoms with Gasteiger partial charge in [0.1, 0.15) is 0 Å². The standard InChI is InChI=1S/C10H20NO/c1-8(2)10(5)7-6-9(3,4)11(10)12/h8H,6-7H2,1-5H3. The second kappa shape index (κ2) is 2.71. The Kier molecular flexibility index (Phi) is 2.26. The molecule has 0 N–H and O–H groups in total. The molecule has 1 radical (unpaired) electrons. The summed E-state index contributed by atoms with van der Waals surface area (Å²) in [6.45, 7) is 10.4.